The third-order valence-electron chi connectivity index (χ3n) is 4.02. The molecule has 0 aromatic heterocycles. The molecule has 2 N–H and O–H groups in total. The summed E-state index contributed by atoms with van der Waals surface area (Å²) in [7, 11) is 1.75. The Bertz CT molecular complexity index is 548. The largest absolute Gasteiger partial charge is 0.488 e. The van der Waals surface area contributed by atoms with Gasteiger partial charge in [-0.1, -0.05) is 12.1 Å². The minimum absolute atomic E-state index is 0. The van der Waals surface area contributed by atoms with Crippen molar-refractivity contribution in [2.75, 3.05) is 19.9 Å². The van der Waals surface area contributed by atoms with Crippen LogP contribution in [0.25, 0.3) is 0 Å². The van der Waals surface area contributed by atoms with Gasteiger partial charge in [0, 0.05) is 24.9 Å². The van der Waals surface area contributed by atoms with E-state index in [4.69, 9.17) is 4.74 Å². The van der Waals surface area contributed by atoms with Crippen LogP contribution in [0, 0.1) is 0 Å². The molecule has 1 aromatic carbocycles. The molecule has 142 valence electrons. The van der Waals surface area contributed by atoms with Crippen LogP contribution in [0.1, 0.15) is 24.8 Å². The summed E-state index contributed by atoms with van der Waals surface area (Å²) in [6.07, 6.45) is 3.23. The molecule has 1 fully saturated rings. The van der Waals surface area contributed by atoms with Crippen LogP contribution in [0.3, 0.4) is 0 Å². The summed E-state index contributed by atoms with van der Waals surface area (Å²) in [5, 5.41) is 7.44. The first kappa shape index (κ1) is 22.3. The second kappa shape index (κ2) is 11.8. The minimum Gasteiger partial charge on any atom is -0.488 e. The predicted molar refractivity (Wildman–Crippen MR) is 112 cm³/mol. The Labute approximate surface area is 169 Å². The number of nitrogens with zero attached hydrogens (tertiary/aromatic N) is 1. The highest BCUT2D eigenvalue weighted by Gasteiger charge is 2.24. The summed E-state index contributed by atoms with van der Waals surface area (Å²) in [4.78, 5) is 4.26. The van der Waals surface area contributed by atoms with Gasteiger partial charge in [0.05, 0.1) is 0 Å². The van der Waals surface area contributed by atoms with Crippen molar-refractivity contribution in [3.63, 3.8) is 0 Å². The fraction of sp³-hybridized carbons (Fsp3) is 0.588. The van der Waals surface area contributed by atoms with Crippen molar-refractivity contribution < 1.29 is 13.5 Å². The van der Waals surface area contributed by atoms with E-state index in [0.29, 0.717) is 18.3 Å². The normalized spacial score (nSPS) is 20.3. The summed E-state index contributed by atoms with van der Waals surface area (Å²) < 4.78 is 29.5. The maximum absolute atomic E-state index is 12.2. The molecule has 1 saturated carbocycles. The number of halogens is 3. The lowest BCUT2D eigenvalue weighted by Gasteiger charge is -2.17. The van der Waals surface area contributed by atoms with Gasteiger partial charge in [0.2, 0.25) is 0 Å². The summed E-state index contributed by atoms with van der Waals surface area (Å²) in [6.45, 7) is -0.0252. The molecule has 1 aromatic rings. The Hall–Kier alpha value is -0.770. The van der Waals surface area contributed by atoms with Crippen LogP contribution >= 0.6 is 35.7 Å². The van der Waals surface area contributed by atoms with E-state index < -0.39 is 13.0 Å². The fourth-order valence-corrected chi connectivity index (χ4v) is 3.56. The molecule has 0 radical (unpaired) electrons. The number of rotatable bonds is 7. The van der Waals surface area contributed by atoms with Gasteiger partial charge in [-0.25, -0.2) is 8.78 Å². The lowest BCUT2D eigenvalue weighted by Crippen LogP contribution is -2.42. The molecule has 2 rings (SSSR count). The van der Waals surface area contributed by atoms with Gasteiger partial charge in [-0.15, -0.1) is 24.0 Å². The fourth-order valence-electron chi connectivity index (χ4n) is 2.76. The zero-order valence-corrected chi connectivity index (χ0v) is 17.7. The van der Waals surface area contributed by atoms with Crippen LogP contribution in [-0.2, 0) is 6.54 Å². The molecule has 25 heavy (non-hydrogen) atoms. The molecule has 4 nitrogen and oxygen atoms in total. The number of hydrogen-bond acceptors (Lipinski definition) is 3. The first-order valence-electron chi connectivity index (χ1n) is 8.10. The van der Waals surface area contributed by atoms with E-state index in [0.717, 1.165) is 29.6 Å². The van der Waals surface area contributed by atoms with Crippen LogP contribution in [0.2, 0.25) is 0 Å². The molecule has 1 aliphatic carbocycles. The number of guanidine groups is 1. The average molecular weight is 485 g/mol. The number of hydrogen-bond donors (Lipinski definition) is 2. The minimum atomic E-state index is -2.47. The van der Waals surface area contributed by atoms with Gasteiger partial charge in [-0.05, 0) is 43.2 Å². The molecule has 2 atom stereocenters. The molecule has 8 heteroatoms. The van der Waals surface area contributed by atoms with E-state index in [1.54, 1.807) is 25.2 Å². The van der Waals surface area contributed by atoms with Crippen LogP contribution in [0.5, 0.6) is 5.75 Å². The van der Waals surface area contributed by atoms with Crippen molar-refractivity contribution in [2.24, 2.45) is 4.99 Å². The smallest absolute Gasteiger partial charge is 0.272 e. The Morgan fingerprint density at radius 2 is 2.20 bits per heavy atom. The maximum atomic E-state index is 12.2. The van der Waals surface area contributed by atoms with E-state index in [9.17, 15) is 8.78 Å². The third kappa shape index (κ3) is 7.98. The highest BCUT2D eigenvalue weighted by Crippen LogP contribution is 2.28. The molecule has 0 bridgehead atoms. The molecule has 0 spiro atoms. The van der Waals surface area contributed by atoms with Crippen LogP contribution in [0.15, 0.2) is 29.3 Å². The number of nitrogens with one attached hydrogen (secondary N) is 2. The zero-order chi connectivity index (χ0) is 17.4. The van der Waals surface area contributed by atoms with E-state index in [2.05, 4.69) is 21.9 Å². The summed E-state index contributed by atoms with van der Waals surface area (Å²) in [5.74, 6) is 1.22. The van der Waals surface area contributed by atoms with E-state index in [1.165, 1.54) is 6.42 Å². The highest BCUT2D eigenvalue weighted by molar-refractivity contribution is 14.0. The Kier molecular flexibility index (Phi) is 10.5. The molecule has 0 amide bonds. The molecule has 0 saturated heterocycles. The van der Waals surface area contributed by atoms with Crippen molar-refractivity contribution in [3.8, 4) is 5.75 Å². The maximum Gasteiger partial charge on any atom is 0.272 e. The topological polar surface area (TPSA) is 45.7 Å². The van der Waals surface area contributed by atoms with Crippen molar-refractivity contribution in [3.05, 3.63) is 29.8 Å². The summed E-state index contributed by atoms with van der Waals surface area (Å²) >= 11 is 1.92. The number of ether oxygens (including phenoxy) is 1. The predicted octanol–water partition coefficient (Wildman–Crippen LogP) is 3.90. The lowest BCUT2D eigenvalue weighted by molar-refractivity contribution is 0.0818. The third-order valence-corrected chi connectivity index (χ3v) is 5.11. The number of alkyl halides is 2. The highest BCUT2D eigenvalue weighted by atomic mass is 127. The van der Waals surface area contributed by atoms with Gasteiger partial charge < -0.3 is 15.4 Å². The first-order chi connectivity index (χ1) is 11.6. The summed E-state index contributed by atoms with van der Waals surface area (Å²) in [5.41, 5.74) is 0.957. The van der Waals surface area contributed by atoms with Crippen molar-refractivity contribution in [2.45, 2.75) is 43.5 Å². The standard InChI is InChI=1S/C17H25F2N3OS.HI/c1-20-17(22-13-6-7-15(9-13)24-2)21-10-12-4-3-5-14(8-12)23-11-16(18)19;/h3-5,8,13,15-16H,6-7,9-11H2,1-2H3,(H2,20,21,22);1H. The number of aliphatic imine (C=N–C) groups is 1. The van der Waals surface area contributed by atoms with E-state index in [1.807, 2.05) is 17.8 Å². The zero-order valence-electron chi connectivity index (χ0n) is 14.5. The van der Waals surface area contributed by atoms with Crippen molar-refractivity contribution in [1.82, 2.24) is 10.6 Å². The van der Waals surface area contributed by atoms with Crippen LogP contribution < -0.4 is 15.4 Å². The molecular formula is C17H26F2IN3OS. The lowest BCUT2D eigenvalue weighted by atomic mass is 10.2. The second-order valence-corrected chi connectivity index (χ2v) is 6.93. The average Bonchev–Trinajstić information content (AvgIpc) is 3.04. The van der Waals surface area contributed by atoms with Gasteiger partial charge in [-0.2, -0.15) is 11.8 Å². The van der Waals surface area contributed by atoms with Crippen LogP contribution in [-0.4, -0.2) is 43.6 Å². The molecule has 1 aliphatic rings. The Morgan fingerprint density at radius 1 is 1.40 bits per heavy atom. The Balaban J connectivity index is 0.00000312. The number of benzene rings is 1. The monoisotopic (exact) mass is 485 g/mol. The van der Waals surface area contributed by atoms with Gasteiger partial charge in [0.25, 0.3) is 6.43 Å². The summed E-state index contributed by atoms with van der Waals surface area (Å²) in [6, 6.07) is 7.62. The number of thioether (sulfide) groups is 1. The van der Waals surface area contributed by atoms with Gasteiger partial charge in [0.15, 0.2) is 5.96 Å². The van der Waals surface area contributed by atoms with Gasteiger partial charge >= 0.3 is 0 Å². The van der Waals surface area contributed by atoms with Crippen LogP contribution in [0.4, 0.5) is 8.78 Å². The van der Waals surface area contributed by atoms with Gasteiger partial charge in [-0.3, -0.25) is 4.99 Å². The van der Waals surface area contributed by atoms with Gasteiger partial charge in [0.1, 0.15) is 12.4 Å². The molecule has 0 heterocycles. The SMILES string of the molecule is CN=C(NCc1cccc(OCC(F)F)c1)NC1CCC(SC)C1.I. The van der Waals surface area contributed by atoms with E-state index in [-0.39, 0.29) is 24.0 Å². The second-order valence-electron chi connectivity index (χ2n) is 5.79. The Morgan fingerprint density at radius 3 is 2.84 bits per heavy atom. The first-order valence-corrected chi connectivity index (χ1v) is 9.39. The van der Waals surface area contributed by atoms with Crippen molar-refractivity contribution in [1.29, 1.82) is 0 Å². The van der Waals surface area contributed by atoms with E-state index >= 15 is 0 Å². The van der Waals surface area contributed by atoms with Crippen molar-refractivity contribution >= 4 is 41.7 Å². The molecule has 2 unspecified atom stereocenters. The molecule has 0 aliphatic heterocycles. The molecular weight excluding hydrogens is 459 g/mol. The quantitative estimate of drug-likeness (QED) is 0.350.